The Bertz CT molecular complexity index is 785. The maximum atomic E-state index is 3.80. The van der Waals surface area contributed by atoms with Crippen LogP contribution in [0.5, 0.6) is 0 Å². The van der Waals surface area contributed by atoms with E-state index in [4.69, 9.17) is 0 Å². The fourth-order valence-electron chi connectivity index (χ4n) is 2.06. The van der Waals surface area contributed by atoms with Gasteiger partial charge in [-0.3, -0.25) is 0 Å². The number of fused-ring (bicyclic) bond motifs is 2. The molecule has 1 heterocycles. The zero-order valence-electron chi connectivity index (χ0n) is 11.7. The van der Waals surface area contributed by atoms with E-state index in [-0.39, 0.29) is 51.0 Å². The Labute approximate surface area is 161 Å². The molecular weight excluding hydrogens is 392 g/mol. The molecule has 1 aromatic heterocycles. The maximum absolute atomic E-state index is 3.80. The Kier molecular flexibility index (Phi) is 9.36. The van der Waals surface area contributed by atoms with Gasteiger partial charge in [-0.2, -0.15) is 18.0 Å². The number of aromatic amines is 1. The van der Waals surface area contributed by atoms with E-state index in [1.807, 2.05) is 48.5 Å². The second-order valence-electron chi connectivity index (χ2n) is 4.38. The fourth-order valence-corrected chi connectivity index (χ4v) is 2.06. The van der Waals surface area contributed by atoms with Crippen molar-refractivity contribution in [2.75, 3.05) is 0 Å². The molecular formula is C18H13Cl2NZr. The van der Waals surface area contributed by atoms with Crippen LogP contribution in [-0.2, 0) is 26.2 Å². The largest absolute Gasteiger partial charge is 4.00 e. The van der Waals surface area contributed by atoms with Crippen molar-refractivity contribution in [2.24, 2.45) is 0 Å². The summed E-state index contributed by atoms with van der Waals surface area (Å²) in [5.41, 5.74) is 2.12. The molecule has 0 aliphatic heterocycles. The number of hydrogen-bond acceptors (Lipinski definition) is 0. The summed E-state index contributed by atoms with van der Waals surface area (Å²) in [5, 5.41) is 3.61. The normalized spacial score (nSPS) is 10.5. The monoisotopic (exact) mass is 403 g/mol. The van der Waals surface area contributed by atoms with Crippen LogP contribution < -0.4 is 35.3 Å². The van der Waals surface area contributed by atoms with Gasteiger partial charge in [-0.25, -0.2) is 0 Å². The van der Waals surface area contributed by atoms with Crippen LogP contribution in [0.4, 0.5) is 0 Å². The first-order valence-corrected chi connectivity index (χ1v) is 6.16. The first-order chi connectivity index (χ1) is 9.33. The fraction of sp³-hybridized carbons (Fsp3) is 0. The van der Waals surface area contributed by atoms with Crippen LogP contribution in [0.15, 0.2) is 66.7 Å². The Hall–Kier alpha value is -1.08. The van der Waals surface area contributed by atoms with Gasteiger partial charge in [0.2, 0.25) is 0 Å². The minimum Gasteiger partial charge on any atom is -1.00 e. The van der Waals surface area contributed by atoms with Gasteiger partial charge < -0.3 is 29.8 Å². The average Bonchev–Trinajstić information content (AvgIpc) is 3.03. The van der Waals surface area contributed by atoms with Crippen LogP contribution in [0.1, 0.15) is 0 Å². The summed E-state index contributed by atoms with van der Waals surface area (Å²) in [6.45, 7) is 3.80. The third-order valence-electron chi connectivity index (χ3n) is 2.98. The van der Waals surface area contributed by atoms with E-state index < -0.39 is 0 Å². The molecule has 0 saturated carbocycles. The third kappa shape index (κ3) is 4.98. The molecule has 0 bridgehead atoms. The van der Waals surface area contributed by atoms with Crippen molar-refractivity contribution >= 4 is 23.1 Å². The van der Waals surface area contributed by atoms with E-state index in [1.54, 1.807) is 0 Å². The predicted molar refractivity (Wildman–Crippen MR) is 79.8 cm³/mol. The number of nitrogens with one attached hydrogen (secondary N) is 1. The standard InChI is InChI=1S/C10H7.C8H6N.2ClH.Zr/c1-8-6-9-4-2-3-5-10(9)7-8;1-2-4-8-7(3-1)5-6-9-8;;;/h2-6H,1H2;1-5,9H;2*1H;/q2*-1;;;+4/p-2. The van der Waals surface area contributed by atoms with Crippen LogP contribution in [0.25, 0.3) is 23.1 Å². The summed E-state index contributed by atoms with van der Waals surface area (Å²) in [6, 6.07) is 18.2. The van der Waals surface area contributed by atoms with E-state index in [9.17, 15) is 0 Å². The van der Waals surface area contributed by atoms with Gasteiger partial charge >= 0.3 is 26.2 Å². The second kappa shape index (κ2) is 9.84. The molecule has 1 N–H and O–H groups in total. The average molecular weight is 405 g/mol. The molecule has 0 radical (unpaired) electrons. The van der Waals surface area contributed by atoms with Crippen molar-refractivity contribution in [2.45, 2.75) is 0 Å². The van der Waals surface area contributed by atoms with E-state index >= 15 is 0 Å². The van der Waals surface area contributed by atoms with Gasteiger partial charge in [0.05, 0.1) is 0 Å². The van der Waals surface area contributed by atoms with Crippen LogP contribution in [0.3, 0.4) is 0 Å². The molecule has 1 nitrogen and oxygen atoms in total. The van der Waals surface area contributed by atoms with Crippen molar-refractivity contribution in [3.05, 3.63) is 83.4 Å². The van der Waals surface area contributed by atoms with Crippen LogP contribution in [0, 0.1) is 6.20 Å². The molecule has 0 spiro atoms. The minimum absolute atomic E-state index is 0. The Morgan fingerprint density at radius 1 is 0.909 bits per heavy atom. The van der Waals surface area contributed by atoms with Crippen LogP contribution >= 0.6 is 0 Å². The molecule has 4 heteroatoms. The number of hydrogen-bond donors (Lipinski definition) is 1. The van der Waals surface area contributed by atoms with E-state index in [1.165, 1.54) is 10.6 Å². The molecule has 3 aromatic rings. The number of H-pyrrole nitrogens is 1. The summed E-state index contributed by atoms with van der Waals surface area (Å²) in [6.07, 6.45) is 8.10. The molecule has 1 aliphatic carbocycles. The first-order valence-electron chi connectivity index (χ1n) is 6.16. The van der Waals surface area contributed by atoms with E-state index in [0.717, 1.165) is 16.3 Å². The zero-order valence-corrected chi connectivity index (χ0v) is 15.7. The molecule has 0 fully saturated rings. The number of aromatic nitrogens is 1. The summed E-state index contributed by atoms with van der Waals surface area (Å²) in [4.78, 5) is 2.99. The smallest absolute Gasteiger partial charge is 1.00 e. The minimum atomic E-state index is 0. The quantitative estimate of drug-likeness (QED) is 0.377. The Balaban J connectivity index is 0.000000354. The van der Waals surface area contributed by atoms with E-state index in [0.29, 0.717) is 0 Å². The molecule has 2 aromatic carbocycles. The SMILES string of the molecule is C=C1[C-]=c2ccccc2=C1.[Cl-].[Cl-].[Zr+4].[c-]1cc2ccccc2[nH]1. The maximum Gasteiger partial charge on any atom is 4.00 e. The van der Waals surface area contributed by atoms with Gasteiger partial charge in [0.15, 0.2) is 0 Å². The molecule has 0 unspecified atom stereocenters. The van der Waals surface area contributed by atoms with Gasteiger partial charge in [-0.15, -0.1) is 58.1 Å². The number of rotatable bonds is 0. The molecule has 0 amide bonds. The van der Waals surface area contributed by atoms with E-state index in [2.05, 4.69) is 36.0 Å². The van der Waals surface area contributed by atoms with Crippen molar-refractivity contribution < 1.29 is 51.0 Å². The first kappa shape index (κ1) is 20.9. The summed E-state index contributed by atoms with van der Waals surface area (Å²) in [7, 11) is 0. The molecule has 108 valence electrons. The summed E-state index contributed by atoms with van der Waals surface area (Å²) in [5.74, 6) is 0. The van der Waals surface area contributed by atoms with Crippen molar-refractivity contribution in [3.8, 4) is 0 Å². The Morgan fingerprint density at radius 3 is 2.32 bits per heavy atom. The van der Waals surface area contributed by atoms with Gasteiger partial charge in [0.25, 0.3) is 0 Å². The van der Waals surface area contributed by atoms with Crippen molar-refractivity contribution in [3.63, 3.8) is 0 Å². The van der Waals surface area contributed by atoms with Crippen molar-refractivity contribution in [1.29, 1.82) is 0 Å². The van der Waals surface area contributed by atoms with Gasteiger partial charge in [0.1, 0.15) is 0 Å². The number of para-hydroxylation sites is 1. The molecule has 22 heavy (non-hydrogen) atoms. The third-order valence-corrected chi connectivity index (χ3v) is 2.98. The van der Waals surface area contributed by atoms with Gasteiger partial charge in [-0.1, -0.05) is 30.3 Å². The van der Waals surface area contributed by atoms with Gasteiger partial charge in [0, 0.05) is 0 Å². The molecule has 4 rings (SSSR count). The molecule has 0 saturated heterocycles. The number of benzene rings is 2. The molecule has 1 aliphatic rings. The zero-order chi connectivity index (χ0) is 13.1. The van der Waals surface area contributed by atoms with Crippen LogP contribution in [0.2, 0.25) is 0 Å². The number of allylic oxidation sites excluding steroid dienone is 1. The topological polar surface area (TPSA) is 15.8 Å². The van der Waals surface area contributed by atoms with Crippen molar-refractivity contribution in [1.82, 2.24) is 4.98 Å². The molecule has 0 atom stereocenters. The summed E-state index contributed by atoms with van der Waals surface area (Å²) < 4.78 is 0. The van der Waals surface area contributed by atoms with Gasteiger partial charge in [-0.05, 0) is 0 Å². The number of halogens is 2. The second-order valence-corrected chi connectivity index (χ2v) is 4.38. The summed E-state index contributed by atoms with van der Waals surface area (Å²) >= 11 is 0. The predicted octanol–water partition coefficient (Wildman–Crippen LogP) is -3.33. The Morgan fingerprint density at radius 2 is 1.59 bits per heavy atom. The van der Waals surface area contributed by atoms with Crippen LogP contribution in [-0.4, -0.2) is 4.98 Å².